The van der Waals surface area contributed by atoms with E-state index in [9.17, 15) is 0 Å². The molecule has 0 fully saturated rings. The van der Waals surface area contributed by atoms with Crippen LogP contribution in [0.3, 0.4) is 0 Å². The molecule has 0 saturated heterocycles. The van der Waals surface area contributed by atoms with Gasteiger partial charge in [-0.15, -0.1) is 0 Å². The Balaban J connectivity index is -0.0000000420. The van der Waals surface area contributed by atoms with E-state index in [0.717, 1.165) is 0 Å². The molecular weight excluding hydrogens is 156 g/mol. The van der Waals surface area contributed by atoms with Crippen molar-refractivity contribution in [1.29, 1.82) is 0 Å². The van der Waals surface area contributed by atoms with Crippen molar-refractivity contribution in [1.82, 2.24) is 0 Å². The molecule has 0 rings (SSSR count). The molecule has 0 aromatic heterocycles. The lowest BCUT2D eigenvalue weighted by atomic mass is 10.4. The molecule has 0 N–H and O–H groups in total. The van der Waals surface area contributed by atoms with Gasteiger partial charge in [0.05, 0.1) is 0 Å². The molecular formula is C13H34. The summed E-state index contributed by atoms with van der Waals surface area (Å²) in [6, 6.07) is 0. The van der Waals surface area contributed by atoms with Crippen LogP contribution in [-0.4, -0.2) is 0 Å². The maximum absolute atomic E-state index is 2.18. The molecule has 0 unspecified atom stereocenters. The van der Waals surface area contributed by atoms with E-state index in [4.69, 9.17) is 0 Å². The zero-order valence-electron chi connectivity index (χ0n) is 11.5. The van der Waals surface area contributed by atoms with E-state index in [-0.39, 0.29) is 0 Å². The molecule has 0 spiro atoms. The van der Waals surface area contributed by atoms with E-state index in [1.807, 2.05) is 0 Å². The molecule has 0 aromatic carbocycles. The zero-order valence-corrected chi connectivity index (χ0v) is 11.5. The van der Waals surface area contributed by atoms with Crippen molar-refractivity contribution >= 4 is 0 Å². The number of hydrogen-bond acceptors (Lipinski definition) is 0. The van der Waals surface area contributed by atoms with Crippen molar-refractivity contribution in [2.75, 3.05) is 0 Å². The van der Waals surface area contributed by atoms with Gasteiger partial charge in [0, 0.05) is 0 Å². The lowest BCUT2D eigenvalue weighted by molar-refractivity contribution is 0.886. The van der Waals surface area contributed by atoms with E-state index in [0.29, 0.717) is 0 Å². The van der Waals surface area contributed by atoms with E-state index in [1.165, 1.54) is 32.1 Å². The number of hydrogen-bond donors (Lipinski definition) is 0. The molecule has 0 heteroatoms. The van der Waals surface area contributed by atoms with Crippen molar-refractivity contribution in [3.05, 3.63) is 0 Å². The van der Waals surface area contributed by atoms with Crippen LogP contribution in [0.15, 0.2) is 0 Å². The SMILES string of the molecule is CCC.CCC.CCC.CCCC. The first-order valence-electron chi connectivity index (χ1n) is 6.16. The quantitative estimate of drug-likeness (QED) is 0.472. The minimum absolute atomic E-state index is 1.25. The second kappa shape index (κ2) is 58.1. The normalized spacial score (nSPS) is 6.46. The highest BCUT2D eigenvalue weighted by molar-refractivity contribution is 4.12. The minimum atomic E-state index is 1.25. The van der Waals surface area contributed by atoms with Crippen LogP contribution in [-0.2, 0) is 0 Å². The zero-order chi connectivity index (χ0) is 11.5. The van der Waals surface area contributed by atoms with Gasteiger partial charge in [0.25, 0.3) is 0 Å². The standard InChI is InChI=1S/C4H10.3C3H8/c1-3-4-2;3*1-3-2/h3-4H2,1-2H3;3*3H2,1-2H3. The van der Waals surface area contributed by atoms with Crippen molar-refractivity contribution in [2.24, 2.45) is 0 Å². The van der Waals surface area contributed by atoms with Gasteiger partial charge in [0.15, 0.2) is 0 Å². The summed E-state index contributed by atoms with van der Waals surface area (Å²) in [5.74, 6) is 0. The fraction of sp³-hybridized carbons (Fsp3) is 1.00. The van der Waals surface area contributed by atoms with E-state index in [2.05, 4.69) is 55.4 Å². The third-order valence-electron chi connectivity index (χ3n) is 0.500. The maximum atomic E-state index is 2.18. The Morgan fingerprint density at radius 2 is 0.462 bits per heavy atom. The summed E-state index contributed by atoms with van der Waals surface area (Å²) in [4.78, 5) is 0. The fourth-order valence-electron chi connectivity index (χ4n) is 0. The van der Waals surface area contributed by atoms with E-state index in [1.54, 1.807) is 0 Å². The molecule has 0 heterocycles. The lowest BCUT2D eigenvalue weighted by Crippen LogP contribution is -1.47. The summed E-state index contributed by atoms with van der Waals surface area (Å²) in [6.45, 7) is 17.1. The summed E-state index contributed by atoms with van der Waals surface area (Å²) >= 11 is 0. The first-order valence-corrected chi connectivity index (χ1v) is 6.16. The summed E-state index contributed by atoms with van der Waals surface area (Å²) < 4.78 is 0. The van der Waals surface area contributed by atoms with Crippen LogP contribution >= 0.6 is 0 Å². The average Bonchev–Trinajstić information content (AvgIpc) is 2.08. The van der Waals surface area contributed by atoms with Crippen LogP contribution in [0.5, 0.6) is 0 Å². The molecule has 0 aliphatic carbocycles. The first-order chi connectivity index (χ1) is 6.16. The van der Waals surface area contributed by atoms with Crippen LogP contribution in [0.4, 0.5) is 0 Å². The van der Waals surface area contributed by atoms with E-state index >= 15 is 0 Å². The lowest BCUT2D eigenvalue weighted by Gasteiger charge is -1.68. The van der Waals surface area contributed by atoms with Crippen LogP contribution in [0.1, 0.15) is 87.5 Å². The second-order valence-corrected chi connectivity index (χ2v) is 3.12. The number of rotatable bonds is 1. The fourth-order valence-corrected chi connectivity index (χ4v) is 0. The Labute approximate surface area is 88.1 Å². The smallest absolute Gasteiger partial charge is 0.0564 e. The highest BCUT2D eigenvalue weighted by Gasteiger charge is 1.56. The molecule has 0 saturated carbocycles. The van der Waals surface area contributed by atoms with Gasteiger partial charge < -0.3 is 0 Å². The molecule has 0 nitrogen and oxygen atoms in total. The van der Waals surface area contributed by atoms with Crippen LogP contribution in [0.2, 0.25) is 0 Å². The van der Waals surface area contributed by atoms with Gasteiger partial charge in [-0.3, -0.25) is 0 Å². The van der Waals surface area contributed by atoms with Crippen LogP contribution in [0.25, 0.3) is 0 Å². The summed E-state index contributed by atoms with van der Waals surface area (Å²) in [5, 5.41) is 0. The van der Waals surface area contributed by atoms with Crippen molar-refractivity contribution in [2.45, 2.75) is 87.5 Å². The van der Waals surface area contributed by atoms with Crippen LogP contribution in [0, 0.1) is 0 Å². The first kappa shape index (κ1) is 23.1. The Bertz CT molecular complexity index is 16.5. The van der Waals surface area contributed by atoms with Crippen molar-refractivity contribution in [3.63, 3.8) is 0 Å². The Morgan fingerprint density at radius 1 is 0.385 bits per heavy atom. The minimum Gasteiger partial charge on any atom is -0.0656 e. The second-order valence-electron chi connectivity index (χ2n) is 3.12. The van der Waals surface area contributed by atoms with Gasteiger partial charge in [-0.2, -0.15) is 0 Å². The summed E-state index contributed by atoms with van der Waals surface area (Å²) in [7, 11) is 0. The summed E-state index contributed by atoms with van der Waals surface area (Å²) in [5.41, 5.74) is 0. The largest absolute Gasteiger partial charge is 0.0656 e. The average molecular weight is 190 g/mol. The van der Waals surface area contributed by atoms with Gasteiger partial charge in [0.1, 0.15) is 0 Å². The number of unbranched alkanes of at least 4 members (excludes halogenated alkanes) is 1. The highest BCUT2D eigenvalue weighted by Crippen LogP contribution is 1.76. The van der Waals surface area contributed by atoms with Gasteiger partial charge in [-0.25, -0.2) is 0 Å². The molecule has 0 atom stereocenters. The van der Waals surface area contributed by atoms with Crippen LogP contribution < -0.4 is 0 Å². The van der Waals surface area contributed by atoms with Gasteiger partial charge in [-0.1, -0.05) is 87.5 Å². The molecule has 86 valence electrons. The summed E-state index contributed by atoms with van der Waals surface area (Å²) in [6.07, 6.45) is 6.39. The predicted molar refractivity (Wildman–Crippen MR) is 68.5 cm³/mol. The third-order valence-corrected chi connectivity index (χ3v) is 0.500. The molecule has 0 aliphatic rings. The van der Waals surface area contributed by atoms with Crippen molar-refractivity contribution in [3.8, 4) is 0 Å². The third kappa shape index (κ3) is 1200. The van der Waals surface area contributed by atoms with Crippen molar-refractivity contribution < 1.29 is 0 Å². The topological polar surface area (TPSA) is 0 Å². The van der Waals surface area contributed by atoms with Gasteiger partial charge in [0.2, 0.25) is 0 Å². The molecule has 0 amide bonds. The molecule has 0 bridgehead atoms. The molecule has 0 aliphatic heterocycles. The Morgan fingerprint density at radius 3 is 0.462 bits per heavy atom. The van der Waals surface area contributed by atoms with Gasteiger partial charge in [-0.05, 0) is 0 Å². The molecule has 0 aromatic rings. The maximum Gasteiger partial charge on any atom is -0.0564 e. The molecule has 0 radical (unpaired) electrons. The predicted octanol–water partition coefficient (Wildman–Crippen LogP) is 6.06. The Hall–Kier alpha value is 0. The molecule has 13 heavy (non-hydrogen) atoms. The monoisotopic (exact) mass is 190 g/mol. The Kier molecular flexibility index (Phi) is 103. The van der Waals surface area contributed by atoms with Gasteiger partial charge >= 0.3 is 0 Å². The highest BCUT2D eigenvalue weighted by atomic mass is 13.6. The van der Waals surface area contributed by atoms with E-state index < -0.39 is 0 Å².